The lowest BCUT2D eigenvalue weighted by molar-refractivity contribution is -0.139. The lowest BCUT2D eigenvalue weighted by Gasteiger charge is -2.15. The first-order chi connectivity index (χ1) is 10.3. The summed E-state index contributed by atoms with van der Waals surface area (Å²) in [5.74, 6) is -1.91. The number of carboxylic acids is 1. The number of carbonyl (C=O) groups is 1. The molecule has 0 saturated carbocycles. The summed E-state index contributed by atoms with van der Waals surface area (Å²) in [6, 6.07) is 9.12. The van der Waals surface area contributed by atoms with Crippen LogP contribution in [0.15, 0.2) is 53.4 Å². The lowest BCUT2D eigenvalue weighted by atomic mass is 10.1. The molecule has 1 unspecified atom stereocenters. The molecule has 0 aromatic heterocycles. The highest BCUT2D eigenvalue weighted by atomic mass is 32.2. The van der Waals surface area contributed by atoms with Crippen LogP contribution in [0.3, 0.4) is 0 Å². The summed E-state index contributed by atoms with van der Waals surface area (Å²) in [7, 11) is -4.00. The number of carboxylic acid groups (broad SMARTS) is 1. The normalized spacial score (nSPS) is 12.8. The van der Waals surface area contributed by atoms with E-state index in [0.717, 1.165) is 17.7 Å². The molecule has 0 aliphatic rings. The van der Waals surface area contributed by atoms with Crippen LogP contribution in [0, 0.1) is 12.7 Å². The Morgan fingerprint density at radius 3 is 2.14 bits per heavy atom. The maximum absolute atomic E-state index is 12.9. The predicted molar refractivity (Wildman–Crippen MR) is 78.3 cm³/mol. The molecule has 116 valence electrons. The van der Waals surface area contributed by atoms with Gasteiger partial charge in [-0.1, -0.05) is 29.8 Å². The van der Waals surface area contributed by atoms with E-state index in [4.69, 9.17) is 0 Å². The maximum Gasteiger partial charge on any atom is 0.326 e. The standard InChI is InChI=1S/C15H14FNO4S/c1-10-2-8-13(9-3-10)22(20,21)17-14(15(18)19)11-4-6-12(16)7-5-11/h2-9,14,17H,1H3,(H,18,19). The first-order valence-corrected chi connectivity index (χ1v) is 7.85. The molecular weight excluding hydrogens is 309 g/mol. The number of benzene rings is 2. The Labute approximate surface area is 127 Å². The van der Waals surface area contributed by atoms with Gasteiger partial charge in [0.25, 0.3) is 0 Å². The van der Waals surface area contributed by atoms with Crippen molar-refractivity contribution in [3.63, 3.8) is 0 Å². The third-order valence-electron chi connectivity index (χ3n) is 3.05. The second kappa shape index (κ2) is 6.25. The Morgan fingerprint density at radius 2 is 1.64 bits per heavy atom. The number of halogens is 1. The Balaban J connectivity index is 2.33. The van der Waals surface area contributed by atoms with Gasteiger partial charge in [0.2, 0.25) is 10.0 Å². The first-order valence-electron chi connectivity index (χ1n) is 6.37. The van der Waals surface area contributed by atoms with Crippen molar-refractivity contribution in [1.29, 1.82) is 0 Å². The van der Waals surface area contributed by atoms with Gasteiger partial charge in [-0.15, -0.1) is 0 Å². The zero-order chi connectivity index (χ0) is 16.3. The molecule has 0 fully saturated rings. The van der Waals surface area contributed by atoms with E-state index in [0.29, 0.717) is 0 Å². The van der Waals surface area contributed by atoms with Crippen LogP contribution in [-0.4, -0.2) is 19.5 Å². The van der Waals surface area contributed by atoms with Crippen molar-refractivity contribution in [3.8, 4) is 0 Å². The van der Waals surface area contributed by atoms with Gasteiger partial charge in [0.05, 0.1) is 4.90 Å². The molecule has 0 heterocycles. The fourth-order valence-electron chi connectivity index (χ4n) is 1.86. The van der Waals surface area contributed by atoms with Gasteiger partial charge in [0, 0.05) is 0 Å². The summed E-state index contributed by atoms with van der Waals surface area (Å²) in [4.78, 5) is 11.3. The number of aryl methyl sites for hydroxylation is 1. The lowest BCUT2D eigenvalue weighted by Crippen LogP contribution is -2.33. The van der Waals surface area contributed by atoms with Crippen molar-refractivity contribution in [2.45, 2.75) is 17.9 Å². The van der Waals surface area contributed by atoms with E-state index in [9.17, 15) is 22.7 Å². The van der Waals surface area contributed by atoms with E-state index >= 15 is 0 Å². The Kier molecular flexibility index (Phi) is 4.58. The quantitative estimate of drug-likeness (QED) is 0.884. The summed E-state index contributed by atoms with van der Waals surface area (Å²) in [6.07, 6.45) is 0. The van der Waals surface area contributed by atoms with Crippen LogP contribution in [0.5, 0.6) is 0 Å². The zero-order valence-corrected chi connectivity index (χ0v) is 12.5. The topological polar surface area (TPSA) is 83.5 Å². The highest BCUT2D eigenvalue weighted by Crippen LogP contribution is 2.18. The number of aliphatic carboxylic acids is 1. The maximum atomic E-state index is 12.9. The van der Waals surface area contributed by atoms with Crippen molar-refractivity contribution in [3.05, 3.63) is 65.5 Å². The van der Waals surface area contributed by atoms with Crippen LogP contribution in [-0.2, 0) is 14.8 Å². The fraction of sp³-hybridized carbons (Fsp3) is 0.133. The fourth-order valence-corrected chi connectivity index (χ4v) is 3.03. The van der Waals surface area contributed by atoms with E-state index in [1.165, 1.54) is 24.3 Å². The molecule has 0 aliphatic carbocycles. The average molecular weight is 323 g/mol. The van der Waals surface area contributed by atoms with Crippen LogP contribution < -0.4 is 4.72 Å². The van der Waals surface area contributed by atoms with Gasteiger partial charge in [0.15, 0.2) is 0 Å². The van der Waals surface area contributed by atoms with E-state index in [2.05, 4.69) is 4.72 Å². The monoisotopic (exact) mass is 323 g/mol. The van der Waals surface area contributed by atoms with Crippen molar-refractivity contribution >= 4 is 16.0 Å². The second-order valence-corrected chi connectivity index (χ2v) is 6.47. The summed E-state index contributed by atoms with van der Waals surface area (Å²) in [5, 5.41) is 9.23. The Bertz CT molecular complexity index is 770. The van der Waals surface area contributed by atoms with Crippen LogP contribution in [0.25, 0.3) is 0 Å². The molecule has 5 nitrogen and oxygen atoms in total. The third kappa shape index (κ3) is 3.69. The highest BCUT2D eigenvalue weighted by Gasteiger charge is 2.26. The molecular formula is C15H14FNO4S. The van der Waals surface area contributed by atoms with E-state index in [1.807, 2.05) is 6.92 Å². The summed E-state index contributed by atoms with van der Waals surface area (Å²) >= 11 is 0. The largest absolute Gasteiger partial charge is 0.480 e. The third-order valence-corrected chi connectivity index (χ3v) is 4.49. The number of sulfonamides is 1. The van der Waals surface area contributed by atoms with Gasteiger partial charge in [-0.05, 0) is 36.8 Å². The number of hydrogen-bond donors (Lipinski definition) is 2. The van der Waals surface area contributed by atoms with Gasteiger partial charge in [-0.2, -0.15) is 4.72 Å². The summed E-state index contributed by atoms with van der Waals surface area (Å²) in [6.45, 7) is 1.81. The van der Waals surface area contributed by atoms with Gasteiger partial charge in [-0.3, -0.25) is 4.79 Å². The molecule has 0 bridgehead atoms. The minimum Gasteiger partial charge on any atom is -0.480 e. The van der Waals surface area contributed by atoms with Gasteiger partial charge < -0.3 is 5.11 Å². The smallest absolute Gasteiger partial charge is 0.326 e. The zero-order valence-electron chi connectivity index (χ0n) is 11.7. The summed E-state index contributed by atoms with van der Waals surface area (Å²) in [5.41, 5.74) is 1.02. The molecule has 1 atom stereocenters. The predicted octanol–water partition coefficient (Wildman–Crippen LogP) is 2.24. The minimum absolute atomic E-state index is 0.0357. The van der Waals surface area contributed by atoms with Crippen molar-refractivity contribution in [1.82, 2.24) is 4.72 Å². The highest BCUT2D eigenvalue weighted by molar-refractivity contribution is 7.89. The molecule has 2 rings (SSSR count). The number of hydrogen-bond acceptors (Lipinski definition) is 3. The molecule has 0 spiro atoms. The molecule has 7 heteroatoms. The van der Waals surface area contributed by atoms with Crippen LogP contribution >= 0.6 is 0 Å². The molecule has 2 aromatic rings. The molecule has 0 aliphatic heterocycles. The van der Waals surface area contributed by atoms with Gasteiger partial charge >= 0.3 is 5.97 Å². The molecule has 0 radical (unpaired) electrons. The van der Waals surface area contributed by atoms with Crippen molar-refractivity contribution in [2.24, 2.45) is 0 Å². The number of rotatable bonds is 5. The minimum atomic E-state index is -4.00. The number of nitrogens with one attached hydrogen (secondary N) is 1. The molecule has 22 heavy (non-hydrogen) atoms. The first kappa shape index (κ1) is 16.1. The van der Waals surface area contributed by atoms with Gasteiger partial charge in [-0.25, -0.2) is 12.8 Å². The SMILES string of the molecule is Cc1ccc(S(=O)(=O)NC(C(=O)O)c2ccc(F)cc2)cc1. The molecule has 0 amide bonds. The van der Waals surface area contributed by atoms with Crippen LogP contribution in [0.2, 0.25) is 0 Å². The van der Waals surface area contributed by atoms with E-state index < -0.39 is 27.9 Å². The second-order valence-electron chi connectivity index (χ2n) is 4.76. The average Bonchev–Trinajstić information content (AvgIpc) is 2.46. The molecule has 0 saturated heterocycles. The van der Waals surface area contributed by atoms with E-state index in [-0.39, 0.29) is 10.5 Å². The van der Waals surface area contributed by atoms with Crippen molar-refractivity contribution in [2.75, 3.05) is 0 Å². The molecule has 2 aromatic carbocycles. The van der Waals surface area contributed by atoms with Crippen molar-refractivity contribution < 1.29 is 22.7 Å². The Hall–Kier alpha value is -2.25. The molecule has 2 N–H and O–H groups in total. The van der Waals surface area contributed by atoms with Crippen LogP contribution in [0.1, 0.15) is 17.2 Å². The van der Waals surface area contributed by atoms with E-state index in [1.54, 1.807) is 12.1 Å². The Morgan fingerprint density at radius 1 is 1.09 bits per heavy atom. The van der Waals surface area contributed by atoms with Crippen LogP contribution in [0.4, 0.5) is 4.39 Å². The summed E-state index contributed by atoms with van der Waals surface area (Å²) < 4.78 is 39.5. The van der Waals surface area contributed by atoms with Gasteiger partial charge in [0.1, 0.15) is 11.9 Å².